The Balaban J connectivity index is 1.40. The molecule has 1 aliphatic rings. The highest BCUT2D eigenvalue weighted by molar-refractivity contribution is 5.81. The second kappa shape index (κ2) is 8.15. The molecule has 0 radical (unpaired) electrons. The molecule has 4 nitrogen and oxygen atoms in total. The molecule has 0 aliphatic carbocycles. The first-order valence-corrected chi connectivity index (χ1v) is 10.4. The minimum atomic E-state index is -0.912. The number of rotatable bonds is 4. The predicted molar refractivity (Wildman–Crippen MR) is 113 cm³/mol. The van der Waals surface area contributed by atoms with Crippen LogP contribution >= 0.6 is 0 Å². The largest absolute Gasteiger partial charge is 0.438 e. The first-order chi connectivity index (χ1) is 15.5. The van der Waals surface area contributed by atoms with Crippen molar-refractivity contribution in [3.05, 3.63) is 89.6 Å². The lowest BCUT2D eigenvalue weighted by Crippen LogP contribution is -2.32. The Bertz CT molecular complexity index is 1300. The van der Waals surface area contributed by atoms with Crippen LogP contribution in [0.15, 0.2) is 65.1 Å². The third kappa shape index (κ3) is 3.86. The van der Waals surface area contributed by atoms with E-state index >= 15 is 0 Å². The Labute approximate surface area is 182 Å². The van der Waals surface area contributed by atoms with Crippen molar-refractivity contribution in [1.29, 1.82) is 0 Å². The van der Waals surface area contributed by atoms with Crippen LogP contribution in [0, 0.1) is 17.5 Å². The number of carbonyl (C=O) groups is 1. The number of likely N-dealkylation sites (tertiary alicyclic amines) is 1. The molecular weight excluding hydrogens is 417 g/mol. The fourth-order valence-electron chi connectivity index (χ4n) is 4.14. The maximum atomic E-state index is 13.6. The standard InChI is InChI=1S/C25H19F3N2O2/c26-18-7-3-15(4-8-18)12-24(31)30-11-1-2-22(30)25-29-21-14-17(6-10-23(21)32-25)16-5-9-19(27)20(28)13-16/h3-10,13-14,22H,1-2,11-12H2/t22-/m0/s1. The van der Waals surface area contributed by atoms with Crippen molar-refractivity contribution in [2.75, 3.05) is 6.54 Å². The molecular formula is C25H19F3N2O2. The van der Waals surface area contributed by atoms with E-state index in [1.165, 1.54) is 18.2 Å². The fraction of sp³-hybridized carbons (Fsp3) is 0.200. The number of nitrogens with zero attached hydrogens (tertiary/aromatic N) is 2. The van der Waals surface area contributed by atoms with E-state index in [9.17, 15) is 18.0 Å². The van der Waals surface area contributed by atoms with E-state index in [-0.39, 0.29) is 24.2 Å². The van der Waals surface area contributed by atoms with Crippen molar-refractivity contribution in [1.82, 2.24) is 9.88 Å². The van der Waals surface area contributed by atoms with Crippen molar-refractivity contribution in [3.8, 4) is 11.1 Å². The zero-order valence-corrected chi connectivity index (χ0v) is 17.0. The minimum absolute atomic E-state index is 0.0659. The van der Waals surface area contributed by atoms with Crippen molar-refractivity contribution in [2.24, 2.45) is 0 Å². The summed E-state index contributed by atoms with van der Waals surface area (Å²) in [6.07, 6.45) is 1.74. The zero-order valence-electron chi connectivity index (χ0n) is 17.0. The Morgan fingerprint density at radius 3 is 2.50 bits per heavy atom. The molecule has 4 aromatic rings. The lowest BCUT2D eigenvalue weighted by Gasteiger charge is -2.22. The van der Waals surface area contributed by atoms with Gasteiger partial charge in [-0.25, -0.2) is 18.2 Å². The van der Waals surface area contributed by atoms with Crippen LogP contribution in [-0.4, -0.2) is 22.3 Å². The van der Waals surface area contributed by atoms with E-state index in [1.54, 1.807) is 35.2 Å². The van der Waals surface area contributed by atoms with E-state index in [0.29, 0.717) is 34.7 Å². The second-order valence-corrected chi connectivity index (χ2v) is 7.91. The summed E-state index contributed by atoms with van der Waals surface area (Å²) in [4.78, 5) is 19.2. The highest BCUT2D eigenvalue weighted by Gasteiger charge is 2.33. The van der Waals surface area contributed by atoms with Gasteiger partial charge in [0, 0.05) is 6.54 Å². The molecule has 162 valence electrons. The Morgan fingerprint density at radius 2 is 1.72 bits per heavy atom. The van der Waals surface area contributed by atoms with E-state index < -0.39 is 11.6 Å². The number of hydrogen-bond acceptors (Lipinski definition) is 3. The molecule has 0 bridgehead atoms. The predicted octanol–water partition coefficient (Wildman–Crippen LogP) is 5.82. The first-order valence-electron chi connectivity index (χ1n) is 10.4. The number of oxazole rings is 1. The van der Waals surface area contributed by atoms with Crippen molar-refractivity contribution in [3.63, 3.8) is 0 Å². The zero-order chi connectivity index (χ0) is 22.2. The number of fused-ring (bicyclic) bond motifs is 1. The van der Waals surface area contributed by atoms with Gasteiger partial charge in [-0.3, -0.25) is 4.79 Å². The average Bonchev–Trinajstić information content (AvgIpc) is 3.43. The quantitative estimate of drug-likeness (QED) is 0.405. The Kier molecular flexibility index (Phi) is 5.17. The maximum Gasteiger partial charge on any atom is 0.227 e. The van der Waals surface area contributed by atoms with Gasteiger partial charge in [0.1, 0.15) is 17.4 Å². The molecule has 0 spiro atoms. The van der Waals surface area contributed by atoms with E-state index in [0.717, 1.165) is 30.5 Å². The molecule has 1 saturated heterocycles. The van der Waals surface area contributed by atoms with Crippen LogP contribution in [0.1, 0.15) is 30.3 Å². The molecule has 1 atom stereocenters. The molecule has 1 aromatic heterocycles. The number of carbonyl (C=O) groups excluding carboxylic acids is 1. The number of amides is 1. The summed E-state index contributed by atoms with van der Waals surface area (Å²) < 4.78 is 45.9. The molecule has 5 rings (SSSR count). The maximum absolute atomic E-state index is 13.6. The van der Waals surface area contributed by atoms with E-state index in [1.807, 2.05) is 0 Å². The van der Waals surface area contributed by atoms with Crippen molar-refractivity contribution >= 4 is 17.0 Å². The van der Waals surface area contributed by atoms with Crippen LogP contribution in [0.4, 0.5) is 13.2 Å². The van der Waals surface area contributed by atoms with Gasteiger partial charge in [0.15, 0.2) is 17.2 Å². The number of benzene rings is 3. The summed E-state index contributed by atoms with van der Waals surface area (Å²) in [5.74, 6) is -1.76. The van der Waals surface area contributed by atoms with Gasteiger partial charge in [-0.1, -0.05) is 24.3 Å². The SMILES string of the molecule is O=C(Cc1ccc(F)cc1)N1CCC[C@H]1c1nc2cc(-c3ccc(F)c(F)c3)ccc2o1. The van der Waals surface area contributed by atoms with Crippen LogP contribution in [0.2, 0.25) is 0 Å². The van der Waals surface area contributed by atoms with Crippen molar-refractivity contribution < 1.29 is 22.4 Å². The summed E-state index contributed by atoms with van der Waals surface area (Å²) >= 11 is 0. The molecule has 1 fully saturated rings. The van der Waals surface area contributed by atoms with Gasteiger partial charge < -0.3 is 9.32 Å². The number of halogens is 3. The normalized spacial score (nSPS) is 16.1. The molecule has 1 aliphatic heterocycles. The molecule has 3 aromatic carbocycles. The third-order valence-corrected chi connectivity index (χ3v) is 5.78. The molecule has 0 N–H and O–H groups in total. The number of aromatic nitrogens is 1. The van der Waals surface area contributed by atoms with Gasteiger partial charge >= 0.3 is 0 Å². The fourth-order valence-corrected chi connectivity index (χ4v) is 4.14. The Morgan fingerprint density at radius 1 is 0.969 bits per heavy atom. The lowest BCUT2D eigenvalue weighted by atomic mass is 10.1. The lowest BCUT2D eigenvalue weighted by molar-refractivity contribution is -0.131. The highest BCUT2D eigenvalue weighted by Crippen LogP contribution is 2.35. The molecule has 0 saturated carbocycles. The van der Waals surface area contributed by atoms with E-state index in [2.05, 4.69) is 4.98 Å². The highest BCUT2D eigenvalue weighted by atomic mass is 19.2. The van der Waals surface area contributed by atoms with Crippen LogP contribution < -0.4 is 0 Å². The van der Waals surface area contributed by atoms with Gasteiger partial charge in [0.2, 0.25) is 11.8 Å². The molecule has 32 heavy (non-hydrogen) atoms. The summed E-state index contributed by atoms with van der Waals surface area (Å²) in [6.45, 7) is 0.601. The topological polar surface area (TPSA) is 46.3 Å². The molecule has 0 unspecified atom stereocenters. The summed E-state index contributed by atoms with van der Waals surface area (Å²) in [5, 5.41) is 0. The summed E-state index contributed by atoms with van der Waals surface area (Å²) in [5.41, 5.74) is 3.11. The van der Waals surface area contributed by atoms with Gasteiger partial charge in [0.25, 0.3) is 0 Å². The van der Waals surface area contributed by atoms with Gasteiger partial charge in [-0.2, -0.15) is 0 Å². The second-order valence-electron chi connectivity index (χ2n) is 7.91. The Hall–Kier alpha value is -3.61. The molecule has 2 heterocycles. The van der Waals surface area contributed by atoms with E-state index in [4.69, 9.17) is 4.42 Å². The average molecular weight is 436 g/mol. The summed E-state index contributed by atoms with van der Waals surface area (Å²) in [6, 6.07) is 14.6. The van der Waals surface area contributed by atoms with Gasteiger partial charge in [0.05, 0.1) is 6.42 Å². The minimum Gasteiger partial charge on any atom is -0.438 e. The summed E-state index contributed by atoms with van der Waals surface area (Å²) in [7, 11) is 0. The number of hydrogen-bond donors (Lipinski definition) is 0. The van der Waals surface area contributed by atoms with Crippen LogP contribution in [-0.2, 0) is 11.2 Å². The molecule has 1 amide bonds. The van der Waals surface area contributed by atoms with Crippen LogP contribution in [0.5, 0.6) is 0 Å². The first kappa shape index (κ1) is 20.3. The van der Waals surface area contributed by atoms with Crippen LogP contribution in [0.25, 0.3) is 22.2 Å². The molecule has 7 heteroatoms. The van der Waals surface area contributed by atoms with Crippen LogP contribution in [0.3, 0.4) is 0 Å². The monoisotopic (exact) mass is 436 g/mol. The van der Waals surface area contributed by atoms with Gasteiger partial charge in [-0.15, -0.1) is 0 Å². The van der Waals surface area contributed by atoms with Crippen molar-refractivity contribution in [2.45, 2.75) is 25.3 Å². The third-order valence-electron chi connectivity index (χ3n) is 5.78. The smallest absolute Gasteiger partial charge is 0.227 e. The van der Waals surface area contributed by atoms with Gasteiger partial charge in [-0.05, 0) is 65.9 Å².